The molecular weight excluding hydrogens is 330 g/mol. The Hall–Kier alpha value is -2.17. The molecule has 2 aromatic carbocycles. The maximum Gasteiger partial charge on any atom is 0.243 e. The van der Waals surface area contributed by atoms with Crippen molar-refractivity contribution in [3.8, 4) is 0 Å². The molecule has 0 bridgehead atoms. The van der Waals surface area contributed by atoms with Crippen LogP contribution in [0.2, 0.25) is 0 Å². The summed E-state index contributed by atoms with van der Waals surface area (Å²) in [7, 11) is -3.45. The molecule has 4 heteroatoms. The zero-order valence-corrected chi connectivity index (χ0v) is 15.5. The second-order valence-corrected chi connectivity index (χ2v) is 8.35. The Kier molecular flexibility index (Phi) is 5.21. The minimum Gasteiger partial charge on any atom is -0.207 e. The number of hydrogen-bond acceptors (Lipinski definition) is 2. The van der Waals surface area contributed by atoms with Crippen LogP contribution in [0.5, 0.6) is 0 Å². The molecule has 0 saturated heterocycles. The minimum atomic E-state index is -3.45. The number of benzene rings is 2. The van der Waals surface area contributed by atoms with E-state index in [1.165, 1.54) is 0 Å². The second-order valence-electron chi connectivity index (χ2n) is 6.41. The van der Waals surface area contributed by atoms with Gasteiger partial charge in [-0.1, -0.05) is 60.2 Å². The van der Waals surface area contributed by atoms with Gasteiger partial charge in [0, 0.05) is 13.1 Å². The highest BCUT2D eigenvalue weighted by atomic mass is 32.2. The molecule has 0 aliphatic carbocycles. The molecule has 0 atom stereocenters. The molecule has 0 aromatic heterocycles. The Morgan fingerprint density at radius 2 is 1.72 bits per heavy atom. The van der Waals surface area contributed by atoms with Crippen molar-refractivity contribution in [3.63, 3.8) is 0 Å². The number of nitrogens with zero attached hydrogens (tertiary/aromatic N) is 1. The summed E-state index contributed by atoms with van der Waals surface area (Å²) >= 11 is 0. The monoisotopic (exact) mass is 353 g/mol. The normalized spacial score (nSPS) is 16.6. The Balaban J connectivity index is 1.81. The third-order valence-corrected chi connectivity index (χ3v) is 6.29. The highest BCUT2D eigenvalue weighted by Crippen LogP contribution is 2.23. The lowest BCUT2D eigenvalue weighted by Gasteiger charge is -2.26. The molecule has 0 unspecified atom stereocenters. The van der Waals surface area contributed by atoms with Gasteiger partial charge in [-0.15, -0.1) is 0 Å². The van der Waals surface area contributed by atoms with E-state index in [2.05, 4.69) is 31.2 Å². The molecule has 3 nitrogen and oxygen atoms in total. The van der Waals surface area contributed by atoms with Crippen LogP contribution in [-0.2, 0) is 10.0 Å². The first-order chi connectivity index (χ1) is 12.0. The summed E-state index contributed by atoms with van der Waals surface area (Å²) < 4.78 is 27.3. The van der Waals surface area contributed by atoms with Crippen LogP contribution < -0.4 is 0 Å². The first-order valence-electron chi connectivity index (χ1n) is 8.46. The summed E-state index contributed by atoms with van der Waals surface area (Å²) in [6, 6.07) is 17.2. The van der Waals surface area contributed by atoms with Crippen LogP contribution in [0.1, 0.15) is 24.5 Å². The number of rotatable bonds is 4. The van der Waals surface area contributed by atoms with Gasteiger partial charge in [0.15, 0.2) is 0 Å². The molecule has 0 N–H and O–H groups in total. The van der Waals surface area contributed by atoms with E-state index < -0.39 is 10.0 Å². The molecular formula is C21H23NO2S. The largest absolute Gasteiger partial charge is 0.243 e. The maximum absolute atomic E-state index is 12.9. The van der Waals surface area contributed by atoms with Crippen LogP contribution in [0.15, 0.2) is 77.2 Å². The van der Waals surface area contributed by atoms with Gasteiger partial charge in [-0.3, -0.25) is 0 Å². The molecule has 130 valence electrons. The molecule has 2 aromatic rings. The summed E-state index contributed by atoms with van der Waals surface area (Å²) in [6.45, 7) is 4.96. The fraction of sp³-hybridized carbons (Fsp3) is 0.238. The molecule has 25 heavy (non-hydrogen) atoms. The summed E-state index contributed by atoms with van der Waals surface area (Å²) in [6.07, 6.45) is 4.96. The predicted octanol–water partition coefficient (Wildman–Crippen LogP) is 4.42. The van der Waals surface area contributed by atoms with Crippen molar-refractivity contribution in [2.75, 3.05) is 13.1 Å². The van der Waals surface area contributed by atoms with E-state index in [4.69, 9.17) is 0 Å². The van der Waals surface area contributed by atoms with Gasteiger partial charge in [-0.2, -0.15) is 4.31 Å². The maximum atomic E-state index is 12.9. The quantitative estimate of drug-likeness (QED) is 0.816. The van der Waals surface area contributed by atoms with Crippen molar-refractivity contribution < 1.29 is 8.42 Å². The lowest BCUT2D eigenvalue weighted by atomic mass is 10.0. The Bertz CT molecular complexity index is 895. The van der Waals surface area contributed by atoms with E-state index in [0.717, 1.165) is 28.7 Å². The average molecular weight is 353 g/mol. The molecule has 0 fully saturated rings. The van der Waals surface area contributed by atoms with E-state index in [1.807, 2.05) is 37.3 Å². The van der Waals surface area contributed by atoms with Gasteiger partial charge in [0.05, 0.1) is 4.90 Å². The highest BCUT2D eigenvalue weighted by molar-refractivity contribution is 7.89. The smallest absolute Gasteiger partial charge is 0.207 e. The molecule has 0 spiro atoms. The third-order valence-electron chi connectivity index (χ3n) is 4.43. The van der Waals surface area contributed by atoms with Gasteiger partial charge >= 0.3 is 0 Å². The summed E-state index contributed by atoms with van der Waals surface area (Å²) in [5.74, 6) is 0. The topological polar surface area (TPSA) is 37.4 Å². The molecule has 1 aliphatic heterocycles. The first kappa shape index (κ1) is 17.6. The van der Waals surface area contributed by atoms with Crippen LogP contribution in [0.25, 0.3) is 5.57 Å². The van der Waals surface area contributed by atoms with Crippen LogP contribution in [-0.4, -0.2) is 25.8 Å². The van der Waals surface area contributed by atoms with E-state index in [0.29, 0.717) is 18.0 Å². The highest BCUT2D eigenvalue weighted by Gasteiger charge is 2.26. The molecule has 0 radical (unpaired) electrons. The van der Waals surface area contributed by atoms with Crippen LogP contribution in [0.3, 0.4) is 0 Å². The van der Waals surface area contributed by atoms with Gasteiger partial charge < -0.3 is 0 Å². The molecule has 0 saturated carbocycles. The van der Waals surface area contributed by atoms with Crippen LogP contribution >= 0.6 is 0 Å². The summed E-state index contributed by atoms with van der Waals surface area (Å²) in [4.78, 5) is 0.364. The van der Waals surface area contributed by atoms with Crippen LogP contribution in [0, 0.1) is 6.92 Å². The predicted molar refractivity (Wildman–Crippen MR) is 103 cm³/mol. The van der Waals surface area contributed by atoms with Crippen molar-refractivity contribution in [2.45, 2.75) is 25.2 Å². The Morgan fingerprint density at radius 3 is 2.40 bits per heavy atom. The summed E-state index contributed by atoms with van der Waals surface area (Å²) in [5, 5.41) is 0. The standard InChI is InChI=1S/C21H23NO2S/c1-17-10-12-21(13-11-17)25(23,24)22-14-6-7-19(16-22)15-18(2)20-8-4-3-5-9-20/h3-5,7-13,15H,6,14,16H2,1-2H3/b18-15+. The summed E-state index contributed by atoms with van der Waals surface area (Å²) in [5.41, 5.74) is 4.39. The fourth-order valence-corrected chi connectivity index (χ4v) is 4.42. The van der Waals surface area contributed by atoms with Crippen LogP contribution in [0.4, 0.5) is 0 Å². The van der Waals surface area contributed by atoms with Gasteiger partial charge in [-0.25, -0.2) is 8.42 Å². The van der Waals surface area contributed by atoms with E-state index in [1.54, 1.807) is 16.4 Å². The average Bonchev–Trinajstić information content (AvgIpc) is 2.63. The van der Waals surface area contributed by atoms with Crippen molar-refractivity contribution in [1.82, 2.24) is 4.31 Å². The number of aryl methyl sites for hydroxylation is 1. The zero-order chi connectivity index (χ0) is 17.9. The second kappa shape index (κ2) is 7.38. The van der Waals surface area contributed by atoms with Gasteiger partial charge in [-0.05, 0) is 49.1 Å². The first-order valence-corrected chi connectivity index (χ1v) is 9.90. The number of sulfonamides is 1. The van der Waals surface area contributed by atoms with Gasteiger partial charge in [0.2, 0.25) is 10.0 Å². The van der Waals surface area contributed by atoms with Gasteiger partial charge in [0.1, 0.15) is 0 Å². The van der Waals surface area contributed by atoms with E-state index >= 15 is 0 Å². The third kappa shape index (κ3) is 4.09. The molecule has 1 aliphatic rings. The SMILES string of the molecule is C/C(=C\C1=CCCN(S(=O)(=O)c2ccc(C)cc2)C1)c1ccccc1. The lowest BCUT2D eigenvalue weighted by molar-refractivity contribution is 0.431. The van der Waals surface area contributed by atoms with Gasteiger partial charge in [0.25, 0.3) is 0 Å². The van der Waals surface area contributed by atoms with Crippen molar-refractivity contribution in [2.24, 2.45) is 0 Å². The Labute approximate surface area is 150 Å². The zero-order valence-electron chi connectivity index (χ0n) is 14.6. The lowest BCUT2D eigenvalue weighted by Crippen LogP contribution is -2.35. The molecule has 0 amide bonds. The molecule has 1 heterocycles. The van der Waals surface area contributed by atoms with Crippen molar-refractivity contribution in [1.29, 1.82) is 0 Å². The number of hydrogen-bond donors (Lipinski definition) is 0. The minimum absolute atomic E-state index is 0.364. The number of allylic oxidation sites excluding steroid dienone is 1. The van der Waals surface area contributed by atoms with Crippen molar-refractivity contribution >= 4 is 15.6 Å². The fourth-order valence-electron chi connectivity index (χ4n) is 2.97. The van der Waals surface area contributed by atoms with E-state index in [-0.39, 0.29) is 0 Å². The van der Waals surface area contributed by atoms with E-state index in [9.17, 15) is 8.42 Å². The molecule has 3 rings (SSSR count). The van der Waals surface area contributed by atoms with Crippen molar-refractivity contribution in [3.05, 3.63) is 83.4 Å². The Morgan fingerprint density at radius 1 is 1.04 bits per heavy atom.